The Balaban J connectivity index is 1.57. The lowest BCUT2D eigenvalue weighted by molar-refractivity contribution is 0.0115. The number of hydrogen-bond donors (Lipinski definition) is 0. The summed E-state index contributed by atoms with van der Waals surface area (Å²) in [5, 5.41) is 0. The second-order valence-corrected chi connectivity index (χ2v) is 8.13. The molecule has 2 aromatic carbocycles. The van der Waals surface area contributed by atoms with Crippen molar-refractivity contribution in [2.45, 2.75) is 43.6 Å². The van der Waals surface area contributed by atoms with E-state index in [4.69, 9.17) is 4.74 Å². The first kappa shape index (κ1) is 18.3. The van der Waals surface area contributed by atoms with Crippen molar-refractivity contribution in [2.24, 2.45) is 5.92 Å². The third-order valence-corrected chi connectivity index (χ3v) is 6.92. The normalized spacial score (nSPS) is 27.9. The molecule has 1 aliphatic heterocycles. The lowest BCUT2D eigenvalue weighted by Gasteiger charge is -2.56. The van der Waals surface area contributed by atoms with Crippen LogP contribution in [0.15, 0.2) is 67.3 Å². The number of hydrogen-bond acceptors (Lipinski definition) is 2. The van der Waals surface area contributed by atoms with Crippen LogP contribution in [0.2, 0.25) is 0 Å². The molecule has 2 aliphatic rings. The number of methoxy groups -OCH3 is 1. The zero-order valence-corrected chi connectivity index (χ0v) is 16.4. The number of fused-ring (bicyclic) bond motifs is 2. The Labute approximate surface area is 163 Å². The van der Waals surface area contributed by atoms with Crippen LogP contribution in [0.25, 0.3) is 0 Å². The summed E-state index contributed by atoms with van der Waals surface area (Å²) < 4.78 is 5.52. The quantitative estimate of drug-likeness (QED) is 0.653. The lowest BCUT2D eigenvalue weighted by atomic mass is 9.57. The van der Waals surface area contributed by atoms with Crippen LogP contribution in [-0.2, 0) is 11.8 Å². The van der Waals surface area contributed by atoms with Gasteiger partial charge in [0, 0.05) is 23.9 Å². The average molecular weight is 362 g/mol. The van der Waals surface area contributed by atoms with E-state index in [0.717, 1.165) is 18.7 Å². The van der Waals surface area contributed by atoms with Gasteiger partial charge in [-0.1, -0.05) is 55.0 Å². The van der Waals surface area contributed by atoms with Crippen molar-refractivity contribution in [3.63, 3.8) is 0 Å². The van der Waals surface area contributed by atoms with Crippen molar-refractivity contribution in [1.82, 2.24) is 4.90 Å². The predicted molar refractivity (Wildman–Crippen MR) is 112 cm³/mol. The van der Waals surface area contributed by atoms with Crippen LogP contribution in [0, 0.1) is 5.92 Å². The molecular weight excluding hydrogens is 330 g/mol. The Morgan fingerprint density at radius 3 is 2.78 bits per heavy atom. The minimum Gasteiger partial charge on any atom is -0.497 e. The Morgan fingerprint density at radius 2 is 2.00 bits per heavy atom. The van der Waals surface area contributed by atoms with Gasteiger partial charge < -0.3 is 4.74 Å². The first-order chi connectivity index (χ1) is 13.3. The van der Waals surface area contributed by atoms with Gasteiger partial charge in [-0.3, -0.25) is 4.90 Å². The summed E-state index contributed by atoms with van der Waals surface area (Å²) in [6.45, 7) is 6.60. The minimum atomic E-state index is 0.225. The van der Waals surface area contributed by atoms with Crippen LogP contribution in [0.4, 0.5) is 0 Å². The van der Waals surface area contributed by atoms with Crippen molar-refractivity contribution >= 4 is 0 Å². The fourth-order valence-corrected chi connectivity index (χ4v) is 5.54. The van der Waals surface area contributed by atoms with E-state index >= 15 is 0 Å². The predicted octanol–water partition coefficient (Wildman–Crippen LogP) is 5.24. The summed E-state index contributed by atoms with van der Waals surface area (Å²) in [4.78, 5) is 2.73. The number of benzene rings is 2. The molecule has 0 amide bonds. The molecule has 0 unspecified atom stereocenters. The molecule has 2 fully saturated rings. The molecule has 2 aromatic rings. The van der Waals surface area contributed by atoms with Crippen molar-refractivity contribution in [3.8, 4) is 5.75 Å². The zero-order chi connectivity index (χ0) is 18.7. The van der Waals surface area contributed by atoms with Gasteiger partial charge in [0.1, 0.15) is 5.75 Å². The lowest BCUT2D eigenvalue weighted by Crippen LogP contribution is -2.58. The number of rotatable bonds is 6. The molecule has 0 aromatic heterocycles. The summed E-state index contributed by atoms with van der Waals surface area (Å²) in [6, 6.07) is 20.3. The molecule has 0 radical (unpaired) electrons. The SMILES string of the molecule is C=C[C@H]1[C@H]2CCC[C@]1(c1cccc(OC)c1)CCN2CCc1ccccc1. The topological polar surface area (TPSA) is 12.5 Å². The van der Waals surface area contributed by atoms with Gasteiger partial charge in [0.25, 0.3) is 0 Å². The molecule has 3 atom stereocenters. The van der Waals surface area contributed by atoms with Crippen LogP contribution in [-0.4, -0.2) is 31.1 Å². The molecule has 142 valence electrons. The molecule has 1 saturated heterocycles. The molecule has 2 heteroatoms. The van der Waals surface area contributed by atoms with Crippen molar-refractivity contribution in [2.75, 3.05) is 20.2 Å². The monoisotopic (exact) mass is 361 g/mol. The number of nitrogens with zero attached hydrogens (tertiary/aromatic N) is 1. The summed E-state index contributed by atoms with van der Waals surface area (Å²) in [5.41, 5.74) is 3.11. The fraction of sp³-hybridized carbons (Fsp3) is 0.440. The smallest absolute Gasteiger partial charge is 0.119 e. The van der Waals surface area contributed by atoms with Gasteiger partial charge in [0.15, 0.2) is 0 Å². The zero-order valence-electron chi connectivity index (χ0n) is 16.4. The molecule has 1 heterocycles. The molecule has 4 rings (SSSR count). The van der Waals surface area contributed by atoms with Crippen LogP contribution < -0.4 is 4.74 Å². The van der Waals surface area contributed by atoms with Gasteiger partial charge in [-0.25, -0.2) is 0 Å². The molecule has 0 spiro atoms. The Morgan fingerprint density at radius 1 is 1.15 bits per heavy atom. The highest BCUT2D eigenvalue weighted by Gasteiger charge is 2.50. The third kappa shape index (κ3) is 3.43. The standard InChI is InChI=1S/C25H31NO/c1-3-23-24-13-8-15-25(23,21-11-7-12-22(19-21)27-2)16-18-26(24)17-14-20-9-5-4-6-10-20/h3-7,9-12,19,23-24H,1,8,13-18H2,2H3/t23-,24+,25+/m0/s1. The summed E-state index contributed by atoms with van der Waals surface area (Å²) >= 11 is 0. The minimum absolute atomic E-state index is 0.225. The van der Waals surface area contributed by atoms with Gasteiger partial charge >= 0.3 is 0 Å². The highest BCUT2D eigenvalue weighted by atomic mass is 16.5. The van der Waals surface area contributed by atoms with E-state index in [2.05, 4.69) is 72.2 Å². The van der Waals surface area contributed by atoms with Crippen molar-refractivity contribution < 1.29 is 4.74 Å². The molecule has 27 heavy (non-hydrogen) atoms. The maximum Gasteiger partial charge on any atom is 0.119 e. The number of ether oxygens (including phenoxy) is 1. The average Bonchev–Trinajstić information content (AvgIpc) is 2.73. The Hall–Kier alpha value is -2.06. The molecule has 2 bridgehead atoms. The number of likely N-dealkylation sites (tertiary alicyclic amines) is 1. The Bertz CT molecular complexity index is 771. The fourth-order valence-electron chi connectivity index (χ4n) is 5.54. The van der Waals surface area contributed by atoms with E-state index in [-0.39, 0.29) is 5.41 Å². The highest BCUT2D eigenvalue weighted by molar-refractivity contribution is 5.37. The van der Waals surface area contributed by atoms with E-state index < -0.39 is 0 Å². The molecule has 1 aliphatic carbocycles. The largest absolute Gasteiger partial charge is 0.497 e. The van der Waals surface area contributed by atoms with E-state index in [1.807, 2.05) is 0 Å². The van der Waals surface area contributed by atoms with Gasteiger partial charge in [0.05, 0.1) is 7.11 Å². The maximum atomic E-state index is 5.52. The van der Waals surface area contributed by atoms with Gasteiger partial charge in [0.2, 0.25) is 0 Å². The van der Waals surface area contributed by atoms with Crippen LogP contribution >= 0.6 is 0 Å². The highest BCUT2D eigenvalue weighted by Crippen LogP contribution is 2.51. The second-order valence-electron chi connectivity index (χ2n) is 8.13. The van der Waals surface area contributed by atoms with E-state index in [1.165, 1.54) is 43.4 Å². The van der Waals surface area contributed by atoms with E-state index in [0.29, 0.717) is 12.0 Å². The van der Waals surface area contributed by atoms with Crippen LogP contribution in [0.5, 0.6) is 5.75 Å². The van der Waals surface area contributed by atoms with Gasteiger partial charge in [-0.05, 0) is 55.5 Å². The second kappa shape index (κ2) is 7.90. The van der Waals surface area contributed by atoms with Crippen molar-refractivity contribution in [1.29, 1.82) is 0 Å². The molecule has 0 N–H and O–H groups in total. The summed E-state index contributed by atoms with van der Waals surface area (Å²) in [7, 11) is 1.76. The molecule has 1 saturated carbocycles. The first-order valence-corrected chi connectivity index (χ1v) is 10.3. The molecule has 2 nitrogen and oxygen atoms in total. The van der Waals surface area contributed by atoms with Crippen molar-refractivity contribution in [3.05, 3.63) is 78.4 Å². The summed E-state index contributed by atoms with van der Waals surface area (Å²) in [6.07, 6.45) is 8.44. The first-order valence-electron chi connectivity index (χ1n) is 10.3. The summed E-state index contributed by atoms with van der Waals surface area (Å²) in [5.74, 6) is 1.49. The van der Waals surface area contributed by atoms with E-state index in [9.17, 15) is 0 Å². The molecular formula is C25H31NO. The number of piperidine rings is 1. The van der Waals surface area contributed by atoms with Gasteiger partial charge in [-0.15, -0.1) is 6.58 Å². The van der Waals surface area contributed by atoms with Crippen LogP contribution in [0.1, 0.15) is 36.8 Å². The van der Waals surface area contributed by atoms with Gasteiger partial charge in [-0.2, -0.15) is 0 Å². The maximum absolute atomic E-state index is 5.52. The van der Waals surface area contributed by atoms with Crippen LogP contribution in [0.3, 0.4) is 0 Å². The van der Waals surface area contributed by atoms with E-state index in [1.54, 1.807) is 7.11 Å². The Kier molecular flexibility index (Phi) is 5.36. The third-order valence-electron chi connectivity index (χ3n) is 6.92.